The average molecular weight is 631 g/mol. The molecule has 5 aromatic rings. The minimum atomic E-state index is -1.28. The maximum absolute atomic E-state index is 6.82. The molecule has 0 radical (unpaired) electrons. The Labute approximate surface area is 277 Å². The van der Waals surface area contributed by atoms with E-state index in [-0.39, 0.29) is 13.2 Å². The lowest BCUT2D eigenvalue weighted by Gasteiger charge is -2.49. The third-order valence-electron chi connectivity index (χ3n) is 8.20. The lowest BCUT2D eigenvalue weighted by atomic mass is 9.95. The van der Waals surface area contributed by atoms with Crippen molar-refractivity contribution in [1.82, 2.24) is 0 Å². The molecule has 0 unspecified atom stereocenters. The van der Waals surface area contributed by atoms with Gasteiger partial charge in [0.25, 0.3) is 0 Å². The van der Waals surface area contributed by atoms with Gasteiger partial charge in [-0.2, -0.15) is 0 Å². The number of rotatable bonds is 16. The summed E-state index contributed by atoms with van der Waals surface area (Å²) in [5.41, 5.74) is 5.23. The fourth-order valence-electron chi connectivity index (χ4n) is 5.66. The molecule has 0 spiro atoms. The summed E-state index contributed by atoms with van der Waals surface area (Å²) in [5, 5.41) is 0. The van der Waals surface area contributed by atoms with Crippen molar-refractivity contribution in [2.45, 2.75) is 57.1 Å². The lowest BCUT2D eigenvalue weighted by molar-refractivity contribution is -0.373. The van der Waals surface area contributed by atoms with Gasteiger partial charge >= 0.3 is 0 Å². The number of benzene rings is 5. The molecule has 1 fully saturated rings. The van der Waals surface area contributed by atoms with Crippen LogP contribution in [0.3, 0.4) is 0 Å². The fraction of sp³-hybridized carbons (Fsp3) is 0.268. The monoisotopic (exact) mass is 630 g/mol. The summed E-state index contributed by atoms with van der Waals surface area (Å²) >= 11 is 0. The van der Waals surface area contributed by atoms with Crippen LogP contribution in [0.15, 0.2) is 152 Å². The van der Waals surface area contributed by atoms with E-state index in [1.165, 1.54) is 0 Å². The van der Waals surface area contributed by atoms with Gasteiger partial charge in [-0.3, -0.25) is 0 Å². The van der Waals surface area contributed by atoms with Gasteiger partial charge in [0, 0.05) is 0 Å². The molecule has 47 heavy (non-hydrogen) atoms. The standard InChI is InChI=1S/C41H42O6/c1-6-16-33(17-7-1)26-42-32-41(46-30-37-24-14-5-15-25-37)40(45-29-36-22-12-4-13-23-36)39(44-28-35-20-10-3-11-21-35)38(31-47-41)43-27-34-18-8-2-9-19-34/h1-25,38-40H,26-32H2/t38-,39-,40-,41+/m1/s1. The van der Waals surface area contributed by atoms with E-state index in [9.17, 15) is 0 Å². The van der Waals surface area contributed by atoms with Gasteiger partial charge in [-0.1, -0.05) is 152 Å². The molecule has 0 aromatic heterocycles. The van der Waals surface area contributed by atoms with Gasteiger partial charge in [-0.15, -0.1) is 0 Å². The second-order valence-electron chi connectivity index (χ2n) is 11.7. The summed E-state index contributed by atoms with van der Waals surface area (Å²) in [4.78, 5) is 0. The van der Waals surface area contributed by atoms with E-state index in [0.717, 1.165) is 27.8 Å². The normalized spacial score (nSPS) is 21.0. The molecule has 5 aromatic carbocycles. The lowest BCUT2D eigenvalue weighted by Crippen LogP contribution is -2.66. The molecule has 1 heterocycles. The van der Waals surface area contributed by atoms with Crippen molar-refractivity contribution >= 4 is 0 Å². The van der Waals surface area contributed by atoms with Crippen molar-refractivity contribution < 1.29 is 28.4 Å². The third kappa shape index (κ3) is 9.46. The maximum atomic E-state index is 6.82. The van der Waals surface area contributed by atoms with E-state index in [1.54, 1.807) is 0 Å². The Morgan fingerprint density at radius 1 is 0.468 bits per heavy atom. The van der Waals surface area contributed by atoms with Gasteiger partial charge in [0.2, 0.25) is 5.79 Å². The van der Waals surface area contributed by atoms with Gasteiger partial charge < -0.3 is 28.4 Å². The Morgan fingerprint density at radius 2 is 0.872 bits per heavy atom. The van der Waals surface area contributed by atoms with E-state index >= 15 is 0 Å². The Kier molecular flexibility index (Phi) is 12.0. The zero-order chi connectivity index (χ0) is 32.0. The predicted molar refractivity (Wildman–Crippen MR) is 181 cm³/mol. The molecular formula is C41H42O6. The van der Waals surface area contributed by atoms with Gasteiger partial charge in [-0.25, -0.2) is 0 Å². The first-order valence-electron chi connectivity index (χ1n) is 16.2. The molecular weight excluding hydrogens is 588 g/mol. The van der Waals surface area contributed by atoms with E-state index in [1.807, 2.05) is 127 Å². The van der Waals surface area contributed by atoms with Gasteiger partial charge in [0.05, 0.1) is 39.6 Å². The van der Waals surface area contributed by atoms with Crippen molar-refractivity contribution in [1.29, 1.82) is 0 Å². The molecule has 6 heteroatoms. The Balaban J connectivity index is 1.32. The molecule has 0 amide bonds. The van der Waals surface area contributed by atoms with Crippen LogP contribution in [0.2, 0.25) is 0 Å². The van der Waals surface area contributed by atoms with Crippen LogP contribution in [0, 0.1) is 0 Å². The second-order valence-corrected chi connectivity index (χ2v) is 11.7. The van der Waals surface area contributed by atoms with Crippen LogP contribution in [0.4, 0.5) is 0 Å². The van der Waals surface area contributed by atoms with Crippen LogP contribution < -0.4 is 0 Å². The highest BCUT2D eigenvalue weighted by Crippen LogP contribution is 2.36. The molecule has 0 aliphatic carbocycles. The van der Waals surface area contributed by atoms with Gasteiger partial charge in [0.15, 0.2) is 0 Å². The summed E-state index contributed by atoms with van der Waals surface area (Å²) in [6.45, 7) is 2.19. The number of hydrogen-bond acceptors (Lipinski definition) is 6. The minimum Gasteiger partial charge on any atom is -0.371 e. The smallest absolute Gasteiger partial charge is 0.222 e. The summed E-state index contributed by atoms with van der Waals surface area (Å²) in [7, 11) is 0. The van der Waals surface area contributed by atoms with E-state index in [2.05, 4.69) is 24.3 Å². The predicted octanol–water partition coefficient (Wildman–Crippen LogP) is 7.90. The third-order valence-corrected chi connectivity index (χ3v) is 8.20. The summed E-state index contributed by atoms with van der Waals surface area (Å²) in [5.74, 6) is -1.28. The fourth-order valence-corrected chi connectivity index (χ4v) is 5.66. The summed E-state index contributed by atoms with van der Waals surface area (Å²) in [6.07, 6.45) is -1.66. The Morgan fingerprint density at radius 3 is 1.36 bits per heavy atom. The first kappa shape index (κ1) is 32.8. The van der Waals surface area contributed by atoms with Crippen LogP contribution in [0.5, 0.6) is 0 Å². The summed E-state index contributed by atoms with van der Waals surface area (Å²) < 4.78 is 40.1. The van der Waals surface area contributed by atoms with E-state index in [4.69, 9.17) is 28.4 Å². The van der Waals surface area contributed by atoms with Crippen LogP contribution in [0.1, 0.15) is 27.8 Å². The molecule has 1 saturated heterocycles. The number of hydrogen-bond donors (Lipinski definition) is 0. The van der Waals surface area contributed by atoms with E-state index < -0.39 is 24.1 Å². The molecule has 4 atom stereocenters. The van der Waals surface area contributed by atoms with Gasteiger partial charge in [0.1, 0.15) is 24.9 Å². The Hall–Kier alpha value is -4.14. The zero-order valence-electron chi connectivity index (χ0n) is 26.6. The molecule has 6 nitrogen and oxygen atoms in total. The first-order chi connectivity index (χ1) is 23.3. The van der Waals surface area contributed by atoms with Crippen molar-refractivity contribution in [3.63, 3.8) is 0 Å². The highest BCUT2D eigenvalue weighted by Gasteiger charge is 2.54. The van der Waals surface area contributed by atoms with Crippen molar-refractivity contribution in [2.24, 2.45) is 0 Å². The largest absolute Gasteiger partial charge is 0.371 e. The second kappa shape index (κ2) is 17.1. The molecule has 242 valence electrons. The van der Waals surface area contributed by atoms with Crippen LogP contribution >= 0.6 is 0 Å². The van der Waals surface area contributed by atoms with Crippen LogP contribution in [-0.2, 0) is 61.5 Å². The molecule has 1 aliphatic heterocycles. The van der Waals surface area contributed by atoms with Crippen molar-refractivity contribution in [2.75, 3.05) is 13.2 Å². The van der Waals surface area contributed by atoms with Crippen LogP contribution in [-0.4, -0.2) is 37.3 Å². The minimum absolute atomic E-state index is 0.130. The van der Waals surface area contributed by atoms with Gasteiger partial charge in [-0.05, 0) is 27.8 Å². The van der Waals surface area contributed by atoms with Crippen molar-refractivity contribution in [3.05, 3.63) is 179 Å². The number of ether oxygens (including phenoxy) is 6. The zero-order valence-corrected chi connectivity index (χ0v) is 26.6. The van der Waals surface area contributed by atoms with Crippen LogP contribution in [0.25, 0.3) is 0 Å². The van der Waals surface area contributed by atoms with Crippen molar-refractivity contribution in [3.8, 4) is 0 Å². The quantitative estimate of drug-likeness (QED) is 0.111. The van der Waals surface area contributed by atoms with E-state index in [0.29, 0.717) is 33.0 Å². The molecule has 0 N–H and O–H groups in total. The first-order valence-corrected chi connectivity index (χ1v) is 16.2. The topological polar surface area (TPSA) is 55.4 Å². The molecule has 1 aliphatic rings. The average Bonchev–Trinajstić information content (AvgIpc) is 3.14. The summed E-state index contributed by atoms with van der Waals surface area (Å²) in [6, 6.07) is 50.5. The molecule has 0 bridgehead atoms. The SMILES string of the molecule is c1ccc(COC[C@]2(OCc3ccccc3)OC[C@@H](OCc3ccccc3)[C@@H](OCc3ccccc3)[C@H]2OCc2ccccc2)cc1. The highest BCUT2D eigenvalue weighted by molar-refractivity contribution is 5.17. The molecule has 0 saturated carbocycles. The maximum Gasteiger partial charge on any atom is 0.222 e. The molecule has 6 rings (SSSR count). The Bertz CT molecular complexity index is 1570. The highest BCUT2D eigenvalue weighted by atomic mass is 16.7.